The highest BCUT2D eigenvalue weighted by molar-refractivity contribution is 7.99. The van der Waals surface area contributed by atoms with Crippen molar-refractivity contribution in [2.45, 2.75) is 25.7 Å². The van der Waals surface area contributed by atoms with Gasteiger partial charge in [-0.3, -0.25) is 4.79 Å². The van der Waals surface area contributed by atoms with Crippen molar-refractivity contribution in [2.24, 2.45) is 0 Å². The molecule has 0 aromatic carbocycles. The van der Waals surface area contributed by atoms with Crippen molar-refractivity contribution in [2.75, 3.05) is 17.3 Å². The molecule has 0 aliphatic heterocycles. The fourth-order valence-corrected chi connectivity index (χ4v) is 3.09. The predicted octanol–water partition coefficient (Wildman–Crippen LogP) is 2.32. The summed E-state index contributed by atoms with van der Waals surface area (Å²) in [6, 6.07) is 0. The summed E-state index contributed by atoms with van der Waals surface area (Å²) in [5.74, 6) is 0.554. The second-order valence-corrected chi connectivity index (χ2v) is 5.53. The third-order valence-electron chi connectivity index (χ3n) is 2.37. The summed E-state index contributed by atoms with van der Waals surface area (Å²) in [7, 11) is 0. The maximum Gasteiger partial charge on any atom is 0.236 e. The number of fused-ring (bicyclic) bond motifs is 1. The number of hydrogen-bond donors (Lipinski definition) is 1. The number of rotatable bonds is 3. The zero-order valence-electron chi connectivity index (χ0n) is 8.71. The molecule has 0 bridgehead atoms. The van der Waals surface area contributed by atoms with Gasteiger partial charge < -0.3 is 5.32 Å². The third-order valence-corrected chi connectivity index (χ3v) is 3.99. The van der Waals surface area contributed by atoms with E-state index in [0.29, 0.717) is 5.75 Å². The number of anilines is 1. The summed E-state index contributed by atoms with van der Waals surface area (Å²) < 4.78 is 0. The van der Waals surface area contributed by atoms with Crippen LogP contribution in [0, 0.1) is 0 Å². The molecule has 0 fully saturated rings. The minimum atomic E-state index is 0.0496. The molecule has 1 aliphatic carbocycles. The topological polar surface area (TPSA) is 42.0 Å². The standard InChI is InChI=1S/C10H14N2OS2/c1-14-6-9(13)12-10-11-7-4-2-3-5-8(7)15-10/h2-6H2,1H3,(H,11,12,13). The SMILES string of the molecule is CSCC(=O)Nc1nc2c(s1)CCCC2. The number of nitrogens with one attached hydrogen (secondary N) is 1. The zero-order chi connectivity index (χ0) is 10.7. The Morgan fingerprint density at radius 2 is 2.33 bits per heavy atom. The van der Waals surface area contributed by atoms with Gasteiger partial charge in [0.2, 0.25) is 5.91 Å². The van der Waals surface area contributed by atoms with Crippen LogP contribution in [-0.4, -0.2) is 22.9 Å². The maximum absolute atomic E-state index is 11.4. The zero-order valence-corrected chi connectivity index (χ0v) is 10.3. The van der Waals surface area contributed by atoms with E-state index in [0.717, 1.165) is 18.0 Å². The summed E-state index contributed by atoms with van der Waals surface area (Å²) in [6.45, 7) is 0. The van der Waals surface area contributed by atoms with E-state index in [4.69, 9.17) is 0 Å². The fraction of sp³-hybridized carbons (Fsp3) is 0.600. The molecule has 1 aliphatic rings. The van der Waals surface area contributed by atoms with Crippen LogP contribution < -0.4 is 5.32 Å². The van der Waals surface area contributed by atoms with Crippen LogP contribution in [-0.2, 0) is 17.6 Å². The van der Waals surface area contributed by atoms with Gasteiger partial charge in [0.1, 0.15) is 0 Å². The first kappa shape index (κ1) is 11.0. The molecule has 15 heavy (non-hydrogen) atoms. The Kier molecular flexibility index (Phi) is 3.64. The highest BCUT2D eigenvalue weighted by atomic mass is 32.2. The third kappa shape index (κ3) is 2.72. The largest absolute Gasteiger partial charge is 0.301 e. The van der Waals surface area contributed by atoms with Crippen LogP contribution in [0.5, 0.6) is 0 Å². The lowest BCUT2D eigenvalue weighted by Gasteiger charge is -2.06. The van der Waals surface area contributed by atoms with Gasteiger partial charge in [0.25, 0.3) is 0 Å². The predicted molar refractivity (Wildman–Crippen MR) is 65.8 cm³/mol. The van der Waals surface area contributed by atoms with Crippen molar-refractivity contribution in [3.63, 3.8) is 0 Å². The number of thiazole rings is 1. The van der Waals surface area contributed by atoms with Gasteiger partial charge in [0, 0.05) is 4.88 Å². The molecular formula is C10H14N2OS2. The Morgan fingerprint density at radius 1 is 1.53 bits per heavy atom. The first-order valence-corrected chi connectivity index (χ1v) is 7.28. The second-order valence-electron chi connectivity index (χ2n) is 3.58. The Labute approximate surface area is 97.7 Å². The van der Waals surface area contributed by atoms with Crippen LogP contribution in [0.25, 0.3) is 0 Å². The minimum absolute atomic E-state index is 0.0496. The molecule has 0 unspecified atom stereocenters. The quantitative estimate of drug-likeness (QED) is 0.884. The van der Waals surface area contributed by atoms with Gasteiger partial charge in [-0.25, -0.2) is 4.98 Å². The second kappa shape index (κ2) is 4.99. The molecule has 1 aromatic rings. The molecule has 1 amide bonds. The lowest BCUT2D eigenvalue weighted by molar-refractivity contribution is -0.113. The van der Waals surface area contributed by atoms with Gasteiger partial charge in [0.05, 0.1) is 11.4 Å². The average Bonchev–Trinajstić information content (AvgIpc) is 2.59. The summed E-state index contributed by atoms with van der Waals surface area (Å²) in [4.78, 5) is 17.2. The van der Waals surface area contributed by atoms with E-state index in [9.17, 15) is 4.79 Å². The molecule has 0 spiro atoms. The number of amides is 1. The number of nitrogens with zero attached hydrogens (tertiary/aromatic N) is 1. The van der Waals surface area contributed by atoms with Crippen molar-refractivity contribution in [3.05, 3.63) is 10.6 Å². The summed E-state index contributed by atoms with van der Waals surface area (Å²) in [6.07, 6.45) is 6.62. The molecule has 0 atom stereocenters. The van der Waals surface area contributed by atoms with Crippen LogP contribution in [0.3, 0.4) is 0 Å². The number of hydrogen-bond acceptors (Lipinski definition) is 4. The Hall–Kier alpha value is -0.550. The van der Waals surface area contributed by atoms with Gasteiger partial charge in [-0.05, 0) is 31.9 Å². The minimum Gasteiger partial charge on any atom is -0.301 e. The monoisotopic (exact) mass is 242 g/mol. The van der Waals surface area contributed by atoms with E-state index >= 15 is 0 Å². The van der Waals surface area contributed by atoms with Crippen LogP contribution in [0.1, 0.15) is 23.4 Å². The lowest BCUT2D eigenvalue weighted by atomic mass is 10.0. The van der Waals surface area contributed by atoms with E-state index in [1.807, 2.05) is 6.26 Å². The van der Waals surface area contributed by atoms with Crippen molar-refractivity contribution in [1.29, 1.82) is 0 Å². The molecule has 1 aromatic heterocycles. The highest BCUT2D eigenvalue weighted by Gasteiger charge is 2.15. The van der Waals surface area contributed by atoms with Crippen molar-refractivity contribution in [3.8, 4) is 0 Å². The summed E-state index contributed by atoms with van der Waals surface area (Å²) in [5.41, 5.74) is 1.20. The van der Waals surface area contributed by atoms with E-state index in [1.54, 1.807) is 11.3 Å². The number of carbonyl (C=O) groups is 1. The molecular weight excluding hydrogens is 228 g/mol. The molecule has 0 radical (unpaired) electrons. The maximum atomic E-state index is 11.4. The molecule has 1 N–H and O–H groups in total. The van der Waals surface area contributed by atoms with Gasteiger partial charge in [-0.15, -0.1) is 11.3 Å². The van der Waals surface area contributed by atoms with Crippen molar-refractivity contribution >= 4 is 34.1 Å². The normalized spacial score (nSPS) is 14.7. The van der Waals surface area contributed by atoms with E-state index in [2.05, 4.69) is 10.3 Å². The first-order chi connectivity index (χ1) is 7.29. The number of aryl methyl sites for hydroxylation is 2. The van der Waals surface area contributed by atoms with E-state index in [-0.39, 0.29) is 5.91 Å². The molecule has 3 nitrogen and oxygen atoms in total. The van der Waals surface area contributed by atoms with Gasteiger partial charge in [0.15, 0.2) is 5.13 Å². The lowest BCUT2D eigenvalue weighted by Crippen LogP contribution is -2.13. The Bertz CT molecular complexity index is 339. The molecule has 82 valence electrons. The van der Waals surface area contributed by atoms with Crippen molar-refractivity contribution < 1.29 is 4.79 Å². The van der Waals surface area contributed by atoms with E-state index in [1.165, 1.54) is 35.2 Å². The van der Waals surface area contributed by atoms with Crippen LogP contribution >= 0.6 is 23.1 Å². The molecule has 0 saturated heterocycles. The molecule has 0 saturated carbocycles. The van der Waals surface area contributed by atoms with Crippen LogP contribution in [0.15, 0.2) is 0 Å². The van der Waals surface area contributed by atoms with Gasteiger partial charge in [-0.1, -0.05) is 0 Å². The first-order valence-electron chi connectivity index (χ1n) is 5.07. The Morgan fingerprint density at radius 3 is 3.07 bits per heavy atom. The smallest absolute Gasteiger partial charge is 0.236 e. The Balaban J connectivity index is 2.03. The number of aromatic nitrogens is 1. The van der Waals surface area contributed by atoms with E-state index < -0.39 is 0 Å². The molecule has 1 heterocycles. The van der Waals surface area contributed by atoms with Crippen LogP contribution in [0.4, 0.5) is 5.13 Å². The van der Waals surface area contributed by atoms with Gasteiger partial charge >= 0.3 is 0 Å². The summed E-state index contributed by atoms with van der Waals surface area (Å²) in [5, 5.41) is 3.63. The van der Waals surface area contributed by atoms with Gasteiger partial charge in [-0.2, -0.15) is 11.8 Å². The average molecular weight is 242 g/mol. The summed E-state index contributed by atoms with van der Waals surface area (Å²) >= 11 is 3.17. The number of thioether (sulfide) groups is 1. The fourth-order valence-electron chi connectivity index (χ4n) is 1.69. The van der Waals surface area contributed by atoms with Crippen molar-refractivity contribution in [1.82, 2.24) is 4.98 Å². The molecule has 5 heteroatoms. The highest BCUT2D eigenvalue weighted by Crippen LogP contribution is 2.29. The molecule has 2 rings (SSSR count). The number of carbonyl (C=O) groups excluding carboxylic acids is 1. The van der Waals surface area contributed by atoms with Crippen LogP contribution in [0.2, 0.25) is 0 Å².